The van der Waals surface area contributed by atoms with Crippen molar-refractivity contribution in [3.05, 3.63) is 0 Å². The highest BCUT2D eigenvalue weighted by molar-refractivity contribution is 9.09. The van der Waals surface area contributed by atoms with E-state index in [1.54, 1.807) is 0 Å². The van der Waals surface area contributed by atoms with Gasteiger partial charge in [-0.15, -0.1) is 0 Å². The maximum atomic E-state index is 5.85. The molecule has 2 saturated heterocycles. The van der Waals surface area contributed by atoms with Crippen molar-refractivity contribution >= 4 is 27.7 Å². The van der Waals surface area contributed by atoms with Gasteiger partial charge < -0.3 is 4.74 Å². The van der Waals surface area contributed by atoms with E-state index < -0.39 is 0 Å². The average molecular weight is 237 g/mol. The summed E-state index contributed by atoms with van der Waals surface area (Å²) in [6, 6.07) is 0. The van der Waals surface area contributed by atoms with E-state index in [1.165, 1.54) is 30.8 Å². The van der Waals surface area contributed by atoms with E-state index in [0.717, 1.165) is 6.61 Å². The van der Waals surface area contributed by atoms with Crippen molar-refractivity contribution in [2.45, 2.75) is 29.7 Å². The van der Waals surface area contributed by atoms with Crippen LogP contribution in [0.3, 0.4) is 0 Å². The van der Waals surface area contributed by atoms with Crippen LogP contribution in [0, 0.1) is 0 Å². The highest BCUT2D eigenvalue weighted by atomic mass is 79.9. The smallest absolute Gasteiger partial charge is 0.0791 e. The number of halogens is 1. The van der Waals surface area contributed by atoms with Gasteiger partial charge in [-0.2, -0.15) is 11.8 Å². The lowest BCUT2D eigenvalue weighted by Crippen LogP contribution is -2.40. The lowest BCUT2D eigenvalue weighted by atomic mass is 9.93. The number of thioether (sulfide) groups is 1. The summed E-state index contributed by atoms with van der Waals surface area (Å²) in [6.45, 7) is 0.955. The van der Waals surface area contributed by atoms with E-state index in [-0.39, 0.29) is 5.60 Å². The maximum absolute atomic E-state index is 5.85. The van der Waals surface area contributed by atoms with Crippen LogP contribution in [0.5, 0.6) is 0 Å². The van der Waals surface area contributed by atoms with Crippen LogP contribution in [0.4, 0.5) is 0 Å². The molecule has 2 atom stereocenters. The number of hydrogen-bond donors (Lipinski definition) is 0. The first-order valence-corrected chi connectivity index (χ1v) is 6.24. The van der Waals surface area contributed by atoms with Crippen LogP contribution in [0.1, 0.15) is 19.3 Å². The molecule has 11 heavy (non-hydrogen) atoms. The molecule has 0 aromatic carbocycles. The summed E-state index contributed by atoms with van der Waals surface area (Å²) in [7, 11) is 0. The van der Waals surface area contributed by atoms with Gasteiger partial charge in [0, 0.05) is 17.2 Å². The molecule has 2 heterocycles. The molecule has 0 aromatic heterocycles. The van der Waals surface area contributed by atoms with E-state index in [0.29, 0.717) is 4.83 Å². The average Bonchev–Trinajstić information content (AvgIpc) is 2.37. The van der Waals surface area contributed by atoms with Gasteiger partial charge in [-0.1, -0.05) is 15.9 Å². The van der Waals surface area contributed by atoms with Crippen LogP contribution in [-0.4, -0.2) is 28.5 Å². The van der Waals surface area contributed by atoms with Crippen LogP contribution in [0.2, 0.25) is 0 Å². The summed E-state index contributed by atoms with van der Waals surface area (Å²) in [6.07, 6.45) is 3.67. The largest absolute Gasteiger partial charge is 0.374 e. The van der Waals surface area contributed by atoms with E-state index in [1.807, 2.05) is 11.8 Å². The molecule has 0 radical (unpaired) electrons. The summed E-state index contributed by atoms with van der Waals surface area (Å²) in [5.41, 5.74) is 0.261. The van der Waals surface area contributed by atoms with E-state index in [2.05, 4.69) is 15.9 Å². The maximum Gasteiger partial charge on any atom is 0.0791 e. The second-order valence-corrected chi connectivity index (χ2v) is 5.82. The molecule has 1 spiro atoms. The Labute approximate surface area is 80.4 Å². The summed E-state index contributed by atoms with van der Waals surface area (Å²) in [5, 5.41) is 0. The number of ether oxygens (including phenoxy) is 1. The van der Waals surface area contributed by atoms with Crippen LogP contribution in [-0.2, 0) is 4.74 Å². The number of hydrogen-bond acceptors (Lipinski definition) is 2. The topological polar surface area (TPSA) is 9.23 Å². The van der Waals surface area contributed by atoms with Gasteiger partial charge in [-0.25, -0.2) is 0 Å². The quantitative estimate of drug-likeness (QED) is 0.598. The lowest BCUT2D eigenvalue weighted by Gasteiger charge is -2.35. The Kier molecular flexibility index (Phi) is 2.49. The second-order valence-electron chi connectivity index (χ2n) is 3.42. The molecule has 2 unspecified atom stereocenters. The first kappa shape index (κ1) is 8.39. The van der Waals surface area contributed by atoms with Gasteiger partial charge in [0.2, 0.25) is 0 Å². The summed E-state index contributed by atoms with van der Waals surface area (Å²) in [4.78, 5) is 0.704. The standard InChI is InChI=1S/C8H13BrOS/c9-7-1-3-10-8(5-7)2-4-11-6-8/h7H,1-6H2. The molecule has 0 aliphatic carbocycles. The zero-order valence-corrected chi connectivity index (χ0v) is 8.92. The lowest BCUT2D eigenvalue weighted by molar-refractivity contribution is -0.0555. The van der Waals surface area contributed by atoms with E-state index in [4.69, 9.17) is 4.74 Å². The van der Waals surface area contributed by atoms with Crippen LogP contribution in [0.15, 0.2) is 0 Å². The Hall–Kier alpha value is 0.790. The molecule has 2 aliphatic rings. The zero-order valence-electron chi connectivity index (χ0n) is 6.51. The van der Waals surface area contributed by atoms with Gasteiger partial charge in [-0.05, 0) is 25.0 Å². The predicted molar refractivity (Wildman–Crippen MR) is 52.6 cm³/mol. The molecule has 0 bridgehead atoms. The minimum atomic E-state index is 0.261. The predicted octanol–water partition coefficient (Wildman–Crippen LogP) is 2.44. The molecule has 0 N–H and O–H groups in total. The summed E-state index contributed by atoms with van der Waals surface area (Å²) >= 11 is 5.72. The Balaban J connectivity index is 2.00. The molecule has 0 amide bonds. The highest BCUT2D eigenvalue weighted by Gasteiger charge is 2.39. The third-order valence-electron chi connectivity index (χ3n) is 2.50. The van der Waals surface area contributed by atoms with Gasteiger partial charge in [0.1, 0.15) is 0 Å². The van der Waals surface area contributed by atoms with Crippen LogP contribution < -0.4 is 0 Å². The van der Waals surface area contributed by atoms with Gasteiger partial charge in [-0.3, -0.25) is 0 Å². The molecule has 2 rings (SSSR count). The molecular weight excluding hydrogens is 224 g/mol. The van der Waals surface area contributed by atoms with Crippen molar-refractivity contribution in [3.63, 3.8) is 0 Å². The molecule has 2 aliphatic heterocycles. The number of alkyl halides is 1. The summed E-state index contributed by atoms with van der Waals surface area (Å²) in [5.74, 6) is 2.51. The molecule has 1 nitrogen and oxygen atoms in total. The zero-order chi connectivity index (χ0) is 7.73. The second kappa shape index (κ2) is 3.27. The van der Waals surface area contributed by atoms with E-state index in [9.17, 15) is 0 Å². The minimum absolute atomic E-state index is 0.261. The van der Waals surface area contributed by atoms with Crippen molar-refractivity contribution in [1.29, 1.82) is 0 Å². The van der Waals surface area contributed by atoms with Gasteiger partial charge in [0.25, 0.3) is 0 Å². The molecule has 0 aromatic rings. The Morgan fingerprint density at radius 1 is 1.55 bits per heavy atom. The van der Waals surface area contributed by atoms with Gasteiger partial charge >= 0.3 is 0 Å². The third kappa shape index (κ3) is 1.76. The first-order chi connectivity index (χ1) is 5.31. The van der Waals surface area contributed by atoms with Crippen molar-refractivity contribution in [2.24, 2.45) is 0 Å². The minimum Gasteiger partial charge on any atom is -0.374 e. The molecule has 64 valence electrons. The van der Waals surface area contributed by atoms with Crippen LogP contribution in [0.25, 0.3) is 0 Å². The van der Waals surface area contributed by atoms with Crippen LogP contribution >= 0.6 is 27.7 Å². The first-order valence-electron chi connectivity index (χ1n) is 4.17. The Bertz CT molecular complexity index is 145. The normalized spacial score (nSPS) is 45.0. The van der Waals surface area contributed by atoms with Crippen molar-refractivity contribution in [2.75, 3.05) is 18.1 Å². The fraction of sp³-hybridized carbons (Fsp3) is 1.00. The monoisotopic (exact) mass is 236 g/mol. The fourth-order valence-electron chi connectivity index (χ4n) is 1.83. The highest BCUT2D eigenvalue weighted by Crippen LogP contribution is 2.39. The fourth-order valence-corrected chi connectivity index (χ4v) is 3.99. The Morgan fingerprint density at radius 3 is 3.09 bits per heavy atom. The van der Waals surface area contributed by atoms with Crippen molar-refractivity contribution < 1.29 is 4.74 Å². The molecule has 3 heteroatoms. The van der Waals surface area contributed by atoms with Crippen molar-refractivity contribution in [1.82, 2.24) is 0 Å². The van der Waals surface area contributed by atoms with E-state index >= 15 is 0 Å². The SMILES string of the molecule is BrC1CCOC2(CCSC2)C1. The number of rotatable bonds is 0. The molecule has 0 saturated carbocycles. The third-order valence-corrected chi connectivity index (χ3v) is 4.50. The van der Waals surface area contributed by atoms with Gasteiger partial charge in [0.05, 0.1) is 5.60 Å². The van der Waals surface area contributed by atoms with Gasteiger partial charge in [0.15, 0.2) is 0 Å². The molecular formula is C8H13BrOS. The Morgan fingerprint density at radius 2 is 2.45 bits per heavy atom. The van der Waals surface area contributed by atoms with Crippen molar-refractivity contribution in [3.8, 4) is 0 Å². The molecule has 2 fully saturated rings. The summed E-state index contributed by atoms with van der Waals surface area (Å²) < 4.78 is 5.85.